The molecule has 6 heteroatoms. The summed E-state index contributed by atoms with van der Waals surface area (Å²) in [6.07, 6.45) is 0.224. The van der Waals surface area contributed by atoms with Gasteiger partial charge in [0.15, 0.2) is 0 Å². The van der Waals surface area contributed by atoms with Gasteiger partial charge in [-0.2, -0.15) is 0 Å². The van der Waals surface area contributed by atoms with E-state index < -0.39 is 0 Å². The van der Waals surface area contributed by atoms with Crippen molar-refractivity contribution in [2.45, 2.75) is 18.2 Å². The predicted molar refractivity (Wildman–Crippen MR) is 81.1 cm³/mol. The number of ether oxygens (including phenoxy) is 1. The van der Waals surface area contributed by atoms with Crippen molar-refractivity contribution < 1.29 is 14.3 Å². The molecule has 4 nitrogen and oxygen atoms in total. The van der Waals surface area contributed by atoms with Crippen molar-refractivity contribution in [1.82, 2.24) is 4.90 Å². The van der Waals surface area contributed by atoms with E-state index in [2.05, 4.69) is 0 Å². The van der Waals surface area contributed by atoms with Gasteiger partial charge in [0.2, 0.25) is 5.91 Å². The fourth-order valence-corrected chi connectivity index (χ4v) is 2.37. The highest BCUT2D eigenvalue weighted by Crippen LogP contribution is 2.20. The van der Waals surface area contributed by atoms with Gasteiger partial charge in [-0.25, -0.2) is 0 Å². The Morgan fingerprint density at radius 1 is 1.30 bits per heavy atom. The molecule has 0 aliphatic rings. The molecule has 1 amide bonds. The lowest BCUT2D eigenvalue weighted by molar-refractivity contribution is -0.143. The van der Waals surface area contributed by atoms with E-state index in [1.54, 1.807) is 31.0 Å². The number of carbonyl (C=O) groups is 2. The number of hydrogen-bond acceptors (Lipinski definition) is 4. The number of carbonyl (C=O) groups excluding carboxylic acids is 2. The molecule has 0 spiro atoms. The summed E-state index contributed by atoms with van der Waals surface area (Å²) < 4.78 is 4.82. The minimum Gasteiger partial charge on any atom is -0.466 e. The lowest BCUT2D eigenvalue weighted by atomic mass is 10.4. The topological polar surface area (TPSA) is 46.6 Å². The van der Waals surface area contributed by atoms with Crippen LogP contribution in [-0.4, -0.2) is 42.7 Å². The van der Waals surface area contributed by atoms with Crippen molar-refractivity contribution in [3.05, 3.63) is 29.3 Å². The van der Waals surface area contributed by atoms with E-state index >= 15 is 0 Å². The van der Waals surface area contributed by atoms with Crippen LogP contribution in [0.15, 0.2) is 29.2 Å². The fourth-order valence-electron chi connectivity index (χ4n) is 1.40. The second-order valence-electron chi connectivity index (χ2n) is 4.11. The zero-order chi connectivity index (χ0) is 15.0. The smallest absolute Gasteiger partial charge is 0.307 e. The van der Waals surface area contributed by atoms with Crippen molar-refractivity contribution in [2.75, 3.05) is 26.0 Å². The van der Waals surface area contributed by atoms with E-state index in [4.69, 9.17) is 16.3 Å². The second-order valence-corrected chi connectivity index (χ2v) is 5.60. The lowest BCUT2D eigenvalue weighted by Crippen LogP contribution is -2.30. The number of hydrogen-bond donors (Lipinski definition) is 0. The first-order valence-corrected chi connectivity index (χ1v) is 7.67. The number of benzene rings is 1. The first-order chi connectivity index (χ1) is 9.52. The molecule has 1 aromatic carbocycles. The third-order valence-corrected chi connectivity index (χ3v) is 3.81. The summed E-state index contributed by atoms with van der Waals surface area (Å²) in [6.45, 7) is 2.50. The molecule has 0 unspecified atom stereocenters. The maximum Gasteiger partial charge on any atom is 0.307 e. The monoisotopic (exact) mass is 315 g/mol. The van der Waals surface area contributed by atoms with E-state index in [0.717, 1.165) is 4.90 Å². The highest BCUT2D eigenvalue weighted by molar-refractivity contribution is 8.00. The standard InChI is InChI=1S/C14H18ClNO3S/c1-3-19-14(18)8-9-16(2)13(17)10-20-12-6-4-11(15)5-7-12/h4-7H,3,8-10H2,1-2H3. The van der Waals surface area contributed by atoms with Gasteiger partial charge < -0.3 is 9.64 Å². The number of amides is 1. The zero-order valence-electron chi connectivity index (χ0n) is 11.6. The largest absolute Gasteiger partial charge is 0.466 e. The molecular weight excluding hydrogens is 298 g/mol. The SMILES string of the molecule is CCOC(=O)CCN(C)C(=O)CSc1ccc(Cl)cc1. The number of esters is 1. The Labute approximate surface area is 128 Å². The van der Waals surface area contributed by atoms with Gasteiger partial charge in [-0.1, -0.05) is 11.6 Å². The van der Waals surface area contributed by atoms with Crippen LogP contribution >= 0.6 is 23.4 Å². The molecule has 110 valence electrons. The highest BCUT2D eigenvalue weighted by atomic mass is 35.5. The Balaban J connectivity index is 2.31. The first-order valence-electron chi connectivity index (χ1n) is 6.31. The van der Waals surface area contributed by atoms with E-state index in [1.165, 1.54) is 11.8 Å². The van der Waals surface area contributed by atoms with E-state index in [9.17, 15) is 9.59 Å². The van der Waals surface area contributed by atoms with Crippen LogP contribution in [0.1, 0.15) is 13.3 Å². The zero-order valence-corrected chi connectivity index (χ0v) is 13.2. The van der Waals surface area contributed by atoms with Crippen LogP contribution in [-0.2, 0) is 14.3 Å². The summed E-state index contributed by atoms with van der Waals surface area (Å²) in [7, 11) is 1.68. The Kier molecular flexibility index (Phi) is 7.47. The third kappa shape index (κ3) is 6.30. The molecule has 1 aromatic rings. The quantitative estimate of drug-likeness (QED) is 0.573. The van der Waals surface area contributed by atoms with E-state index in [1.807, 2.05) is 12.1 Å². The van der Waals surface area contributed by atoms with Crippen LogP contribution in [0.2, 0.25) is 5.02 Å². The van der Waals surface area contributed by atoms with E-state index in [-0.39, 0.29) is 18.3 Å². The molecule has 0 aromatic heterocycles. The molecule has 0 heterocycles. The minimum absolute atomic E-state index is 0.0192. The van der Waals surface area contributed by atoms with Crippen LogP contribution in [0.3, 0.4) is 0 Å². The van der Waals surface area contributed by atoms with Crippen LogP contribution in [0.4, 0.5) is 0 Å². The van der Waals surface area contributed by atoms with Crippen molar-refractivity contribution >= 4 is 35.2 Å². The number of thioether (sulfide) groups is 1. The van der Waals surface area contributed by atoms with E-state index in [0.29, 0.717) is 23.9 Å². The van der Waals surface area contributed by atoms with Crippen LogP contribution in [0, 0.1) is 0 Å². The molecule has 0 aliphatic carbocycles. The summed E-state index contributed by atoms with van der Waals surface area (Å²) >= 11 is 7.24. The molecular formula is C14H18ClNO3S. The van der Waals surface area contributed by atoms with Crippen molar-refractivity contribution in [2.24, 2.45) is 0 Å². The average Bonchev–Trinajstić information content (AvgIpc) is 2.44. The molecule has 1 rings (SSSR count). The molecule has 0 fully saturated rings. The molecule has 0 saturated carbocycles. The van der Waals surface area contributed by atoms with Gasteiger partial charge in [-0.3, -0.25) is 9.59 Å². The predicted octanol–water partition coefficient (Wildman–Crippen LogP) is 2.84. The van der Waals surface area contributed by atoms with Crippen LogP contribution in [0.25, 0.3) is 0 Å². The Morgan fingerprint density at radius 2 is 1.95 bits per heavy atom. The molecule has 0 radical (unpaired) electrons. The molecule has 20 heavy (non-hydrogen) atoms. The number of rotatable bonds is 7. The first kappa shape index (κ1) is 16.9. The maximum atomic E-state index is 11.9. The van der Waals surface area contributed by atoms with Crippen molar-refractivity contribution in [3.8, 4) is 0 Å². The number of nitrogens with zero attached hydrogens (tertiary/aromatic N) is 1. The maximum absolute atomic E-state index is 11.9. The fraction of sp³-hybridized carbons (Fsp3) is 0.429. The van der Waals surface area contributed by atoms with Gasteiger partial charge in [0, 0.05) is 23.5 Å². The molecule has 0 N–H and O–H groups in total. The van der Waals surface area contributed by atoms with Gasteiger partial charge in [-0.05, 0) is 31.2 Å². The average molecular weight is 316 g/mol. The Bertz CT molecular complexity index is 450. The lowest BCUT2D eigenvalue weighted by Gasteiger charge is -2.16. The minimum atomic E-state index is -0.280. The highest BCUT2D eigenvalue weighted by Gasteiger charge is 2.11. The molecule has 0 bridgehead atoms. The molecule has 0 aliphatic heterocycles. The van der Waals surface area contributed by atoms with Crippen molar-refractivity contribution in [3.63, 3.8) is 0 Å². The summed E-state index contributed by atoms with van der Waals surface area (Å²) in [5.41, 5.74) is 0. The summed E-state index contributed by atoms with van der Waals surface area (Å²) in [4.78, 5) is 25.6. The van der Waals surface area contributed by atoms with Gasteiger partial charge >= 0.3 is 5.97 Å². The van der Waals surface area contributed by atoms with Gasteiger partial charge in [0.1, 0.15) is 0 Å². The Hall–Kier alpha value is -1.20. The van der Waals surface area contributed by atoms with Crippen LogP contribution < -0.4 is 0 Å². The molecule has 0 atom stereocenters. The summed E-state index contributed by atoms with van der Waals surface area (Å²) in [5.74, 6) is 0.0350. The summed E-state index contributed by atoms with van der Waals surface area (Å²) in [5, 5.41) is 0.673. The normalized spacial score (nSPS) is 10.2. The van der Waals surface area contributed by atoms with Crippen LogP contribution in [0.5, 0.6) is 0 Å². The molecule has 0 saturated heterocycles. The summed E-state index contributed by atoms with van der Waals surface area (Å²) in [6, 6.07) is 7.33. The van der Waals surface area contributed by atoms with Gasteiger partial charge in [0.05, 0.1) is 18.8 Å². The van der Waals surface area contributed by atoms with Gasteiger partial charge in [-0.15, -0.1) is 11.8 Å². The second kappa shape index (κ2) is 8.87. The Morgan fingerprint density at radius 3 is 2.55 bits per heavy atom. The third-order valence-electron chi connectivity index (χ3n) is 2.56. The van der Waals surface area contributed by atoms with Gasteiger partial charge in [0.25, 0.3) is 0 Å². The number of halogens is 1. The van der Waals surface area contributed by atoms with Crippen molar-refractivity contribution in [1.29, 1.82) is 0 Å².